The quantitative estimate of drug-likeness (QED) is 0.691. The third kappa shape index (κ3) is 2.85. The van der Waals surface area contributed by atoms with E-state index in [1.807, 2.05) is 41.3 Å². The van der Waals surface area contributed by atoms with E-state index in [2.05, 4.69) is 30.9 Å². The summed E-state index contributed by atoms with van der Waals surface area (Å²) in [6.07, 6.45) is 5.02. The molecule has 0 bridgehead atoms. The van der Waals surface area contributed by atoms with Crippen LogP contribution in [-0.2, 0) is 6.54 Å². The highest BCUT2D eigenvalue weighted by molar-refractivity contribution is 9.10. The second kappa shape index (κ2) is 5.66. The van der Waals surface area contributed by atoms with Gasteiger partial charge in [-0.2, -0.15) is 5.10 Å². The van der Waals surface area contributed by atoms with Gasteiger partial charge in [-0.05, 0) is 30.7 Å². The predicted molar refractivity (Wildman–Crippen MR) is 82.8 cm³/mol. The maximum atomic E-state index is 5.90. The second-order valence-electron chi connectivity index (χ2n) is 4.78. The van der Waals surface area contributed by atoms with Crippen molar-refractivity contribution >= 4 is 21.9 Å². The molecule has 0 saturated carbocycles. The molecule has 0 atom stereocenters. The van der Waals surface area contributed by atoms with Crippen molar-refractivity contribution in [3.05, 3.63) is 46.7 Å². The van der Waals surface area contributed by atoms with Crippen molar-refractivity contribution in [1.82, 2.24) is 14.7 Å². The highest BCUT2D eigenvalue weighted by Gasteiger charge is 2.15. The van der Waals surface area contributed by atoms with E-state index in [0.29, 0.717) is 12.5 Å². The molecule has 0 spiro atoms. The Morgan fingerprint density at radius 2 is 2.05 bits per heavy atom. The van der Waals surface area contributed by atoms with E-state index in [9.17, 15) is 0 Å². The molecule has 2 heterocycles. The van der Waals surface area contributed by atoms with Gasteiger partial charge in [0.05, 0.1) is 18.4 Å². The molecular weight excluding hydrogens is 318 g/mol. The fraction of sp³-hybridized carbons (Fsp3) is 0.286. The van der Waals surface area contributed by atoms with E-state index in [1.54, 1.807) is 0 Å². The maximum Gasteiger partial charge on any atom is 0.191 e. The SMILES string of the molecule is NC(=NCc1cnn(-c2ccc(Br)cc2)c1)N1CCC1. The number of likely N-dealkylation sites (tertiary alicyclic amines) is 1. The monoisotopic (exact) mass is 333 g/mol. The van der Waals surface area contributed by atoms with Crippen LogP contribution in [0.1, 0.15) is 12.0 Å². The summed E-state index contributed by atoms with van der Waals surface area (Å²) < 4.78 is 2.90. The highest BCUT2D eigenvalue weighted by Crippen LogP contribution is 2.14. The molecule has 1 aromatic carbocycles. The number of nitrogens with zero attached hydrogens (tertiary/aromatic N) is 4. The average Bonchev–Trinajstić information content (AvgIpc) is 2.84. The van der Waals surface area contributed by atoms with Gasteiger partial charge in [0.25, 0.3) is 0 Å². The predicted octanol–water partition coefficient (Wildman–Crippen LogP) is 2.16. The van der Waals surface area contributed by atoms with Gasteiger partial charge in [0.15, 0.2) is 5.96 Å². The molecule has 0 aliphatic carbocycles. The topological polar surface area (TPSA) is 59.4 Å². The summed E-state index contributed by atoms with van der Waals surface area (Å²) in [4.78, 5) is 6.48. The second-order valence-corrected chi connectivity index (χ2v) is 5.70. The van der Waals surface area contributed by atoms with Crippen LogP contribution in [0.4, 0.5) is 0 Å². The lowest BCUT2D eigenvalue weighted by atomic mass is 10.2. The largest absolute Gasteiger partial charge is 0.370 e. The van der Waals surface area contributed by atoms with Gasteiger partial charge in [0, 0.05) is 29.3 Å². The lowest BCUT2D eigenvalue weighted by Crippen LogP contribution is -2.46. The number of nitrogens with two attached hydrogens (primary N) is 1. The van der Waals surface area contributed by atoms with Crippen molar-refractivity contribution in [1.29, 1.82) is 0 Å². The Hall–Kier alpha value is -1.82. The van der Waals surface area contributed by atoms with Crippen molar-refractivity contribution < 1.29 is 0 Å². The number of halogens is 1. The van der Waals surface area contributed by atoms with Crippen LogP contribution in [-0.4, -0.2) is 33.7 Å². The Kier molecular flexibility index (Phi) is 3.73. The number of hydrogen-bond donors (Lipinski definition) is 1. The first-order valence-corrected chi connectivity index (χ1v) is 7.36. The Morgan fingerprint density at radius 3 is 2.70 bits per heavy atom. The fourth-order valence-corrected chi connectivity index (χ4v) is 2.26. The summed E-state index contributed by atoms with van der Waals surface area (Å²) in [7, 11) is 0. The lowest BCUT2D eigenvalue weighted by molar-refractivity contribution is 0.295. The van der Waals surface area contributed by atoms with Crippen molar-refractivity contribution in [2.45, 2.75) is 13.0 Å². The van der Waals surface area contributed by atoms with E-state index in [-0.39, 0.29) is 0 Å². The molecule has 1 aliphatic rings. The maximum absolute atomic E-state index is 5.90. The zero-order valence-corrected chi connectivity index (χ0v) is 12.6. The van der Waals surface area contributed by atoms with Crippen LogP contribution in [0.3, 0.4) is 0 Å². The van der Waals surface area contributed by atoms with Crippen LogP contribution < -0.4 is 5.73 Å². The standard InChI is InChI=1S/C14H16BrN5/c15-12-2-4-13(5-3-12)20-10-11(9-18-20)8-17-14(16)19-6-1-7-19/h2-5,9-10H,1,6-8H2,(H2,16,17). The third-order valence-corrected chi connectivity index (χ3v) is 3.86. The van der Waals surface area contributed by atoms with Crippen LogP contribution >= 0.6 is 15.9 Å². The summed E-state index contributed by atoms with van der Waals surface area (Å²) in [6, 6.07) is 8.02. The number of aromatic nitrogens is 2. The zero-order valence-electron chi connectivity index (χ0n) is 11.0. The molecule has 1 saturated heterocycles. The van der Waals surface area contributed by atoms with Crippen LogP contribution in [0.25, 0.3) is 5.69 Å². The zero-order chi connectivity index (χ0) is 13.9. The van der Waals surface area contributed by atoms with Gasteiger partial charge in [-0.25, -0.2) is 9.67 Å². The van der Waals surface area contributed by atoms with Gasteiger partial charge in [-0.3, -0.25) is 0 Å². The summed E-state index contributed by atoms with van der Waals surface area (Å²) in [5, 5.41) is 4.35. The van der Waals surface area contributed by atoms with Gasteiger partial charge < -0.3 is 10.6 Å². The van der Waals surface area contributed by atoms with E-state index in [1.165, 1.54) is 6.42 Å². The minimum atomic E-state index is 0.568. The molecular formula is C14H16BrN5. The first-order chi connectivity index (χ1) is 9.72. The van der Waals surface area contributed by atoms with E-state index >= 15 is 0 Å². The molecule has 0 radical (unpaired) electrons. The molecule has 2 N–H and O–H groups in total. The molecule has 3 rings (SSSR count). The van der Waals surface area contributed by atoms with Gasteiger partial charge in [-0.1, -0.05) is 15.9 Å². The minimum Gasteiger partial charge on any atom is -0.370 e. The average molecular weight is 334 g/mol. The molecule has 2 aromatic rings. The Labute approximate surface area is 126 Å². The Morgan fingerprint density at radius 1 is 1.30 bits per heavy atom. The first kappa shape index (κ1) is 13.2. The molecule has 1 aromatic heterocycles. The molecule has 1 aliphatic heterocycles. The van der Waals surface area contributed by atoms with E-state index < -0.39 is 0 Å². The third-order valence-electron chi connectivity index (χ3n) is 3.33. The van der Waals surface area contributed by atoms with E-state index in [0.717, 1.165) is 28.8 Å². The highest BCUT2D eigenvalue weighted by atomic mass is 79.9. The minimum absolute atomic E-state index is 0.568. The van der Waals surface area contributed by atoms with Crippen LogP contribution in [0.2, 0.25) is 0 Å². The van der Waals surface area contributed by atoms with Crippen LogP contribution in [0.15, 0.2) is 46.1 Å². The number of rotatable bonds is 3. The number of benzene rings is 1. The van der Waals surface area contributed by atoms with Crippen molar-refractivity contribution in [2.75, 3.05) is 13.1 Å². The van der Waals surface area contributed by atoms with Gasteiger partial charge >= 0.3 is 0 Å². The molecule has 104 valence electrons. The first-order valence-electron chi connectivity index (χ1n) is 6.57. The molecule has 1 fully saturated rings. The van der Waals surface area contributed by atoms with Crippen molar-refractivity contribution in [3.8, 4) is 5.69 Å². The van der Waals surface area contributed by atoms with Crippen molar-refractivity contribution in [2.24, 2.45) is 10.7 Å². The summed E-state index contributed by atoms with van der Waals surface area (Å²) >= 11 is 3.42. The summed E-state index contributed by atoms with van der Waals surface area (Å²) in [6.45, 7) is 2.61. The Bertz CT molecular complexity index is 613. The molecule has 5 nitrogen and oxygen atoms in total. The lowest BCUT2D eigenvalue weighted by Gasteiger charge is -2.31. The number of aliphatic imine (C=N–C) groups is 1. The van der Waals surface area contributed by atoms with Gasteiger partial charge in [0.1, 0.15) is 0 Å². The summed E-state index contributed by atoms with van der Waals surface area (Å²) in [5.74, 6) is 0.632. The van der Waals surface area contributed by atoms with Gasteiger partial charge in [-0.15, -0.1) is 0 Å². The number of hydrogen-bond acceptors (Lipinski definition) is 2. The van der Waals surface area contributed by atoms with Crippen LogP contribution in [0.5, 0.6) is 0 Å². The Balaban J connectivity index is 1.68. The molecule has 0 unspecified atom stereocenters. The molecule has 0 amide bonds. The summed E-state index contributed by atoms with van der Waals surface area (Å²) in [5.41, 5.74) is 7.98. The molecule has 20 heavy (non-hydrogen) atoms. The number of guanidine groups is 1. The normalized spacial score (nSPS) is 15.2. The van der Waals surface area contributed by atoms with E-state index in [4.69, 9.17) is 5.73 Å². The van der Waals surface area contributed by atoms with Crippen molar-refractivity contribution in [3.63, 3.8) is 0 Å². The van der Waals surface area contributed by atoms with Gasteiger partial charge in [0.2, 0.25) is 0 Å². The fourth-order valence-electron chi connectivity index (χ4n) is 1.99. The smallest absolute Gasteiger partial charge is 0.191 e. The van der Waals surface area contributed by atoms with Crippen LogP contribution in [0, 0.1) is 0 Å². The molecule has 6 heteroatoms.